The number of aromatic nitrogens is 5. The van der Waals surface area contributed by atoms with E-state index in [4.69, 9.17) is 0 Å². The van der Waals surface area contributed by atoms with Gasteiger partial charge in [-0.1, -0.05) is 20.8 Å². The number of tetrazole rings is 1. The minimum absolute atomic E-state index is 0.0804. The van der Waals surface area contributed by atoms with Crippen molar-refractivity contribution < 1.29 is 0 Å². The van der Waals surface area contributed by atoms with E-state index in [9.17, 15) is 0 Å². The first-order chi connectivity index (χ1) is 7.07. The number of hydrogen-bond donors (Lipinski definition) is 0. The van der Waals surface area contributed by atoms with Crippen LogP contribution in [0.1, 0.15) is 26.3 Å². The lowest BCUT2D eigenvalue weighted by atomic mass is 9.88. The fourth-order valence-electron chi connectivity index (χ4n) is 1.24. The van der Waals surface area contributed by atoms with E-state index in [2.05, 4.69) is 41.3 Å². The van der Waals surface area contributed by atoms with Crippen molar-refractivity contribution in [2.75, 3.05) is 0 Å². The van der Waals surface area contributed by atoms with Gasteiger partial charge in [0.25, 0.3) is 0 Å². The Bertz CT molecular complexity index is 441. The highest BCUT2D eigenvalue weighted by Gasteiger charge is 2.14. The van der Waals surface area contributed by atoms with Crippen LogP contribution in [0, 0.1) is 0 Å². The van der Waals surface area contributed by atoms with E-state index < -0.39 is 0 Å². The molecule has 0 N–H and O–H groups in total. The van der Waals surface area contributed by atoms with Crippen molar-refractivity contribution in [2.24, 2.45) is 0 Å². The summed E-state index contributed by atoms with van der Waals surface area (Å²) in [5.74, 6) is 0. The topological polar surface area (TPSA) is 56.5 Å². The van der Waals surface area contributed by atoms with Gasteiger partial charge in [0, 0.05) is 6.20 Å². The van der Waals surface area contributed by atoms with Crippen LogP contribution >= 0.6 is 0 Å². The average Bonchev–Trinajstić information content (AvgIpc) is 2.69. The van der Waals surface area contributed by atoms with E-state index in [0.717, 1.165) is 11.3 Å². The predicted octanol–water partition coefficient (Wildman–Crippen LogP) is 1.35. The lowest BCUT2D eigenvalue weighted by Gasteiger charge is -2.18. The summed E-state index contributed by atoms with van der Waals surface area (Å²) in [5, 5.41) is 11.0. The van der Waals surface area contributed by atoms with Crippen molar-refractivity contribution in [3.63, 3.8) is 0 Å². The zero-order valence-corrected chi connectivity index (χ0v) is 9.05. The maximum absolute atomic E-state index is 4.19. The Balaban J connectivity index is 2.44. The molecule has 0 saturated heterocycles. The maximum atomic E-state index is 4.19. The van der Waals surface area contributed by atoms with Crippen molar-refractivity contribution in [2.45, 2.75) is 26.2 Å². The number of pyridine rings is 1. The Labute approximate surface area is 88.2 Å². The first-order valence-electron chi connectivity index (χ1n) is 4.76. The van der Waals surface area contributed by atoms with E-state index >= 15 is 0 Å². The molecule has 2 aromatic heterocycles. The average molecular weight is 203 g/mol. The summed E-state index contributed by atoms with van der Waals surface area (Å²) < 4.78 is 1.60. The summed E-state index contributed by atoms with van der Waals surface area (Å²) in [6.45, 7) is 6.44. The second-order valence-corrected chi connectivity index (χ2v) is 4.44. The standard InChI is InChI=1S/C10H13N5/c1-10(2,3)8-4-9(6-11-5-8)15-7-12-13-14-15/h4-7H,1-3H3. The minimum atomic E-state index is 0.0804. The normalized spacial score (nSPS) is 11.7. The zero-order valence-electron chi connectivity index (χ0n) is 9.05. The molecule has 0 aromatic carbocycles. The lowest BCUT2D eigenvalue weighted by Crippen LogP contribution is -2.12. The van der Waals surface area contributed by atoms with Gasteiger partial charge in [-0.05, 0) is 27.5 Å². The molecule has 2 aromatic rings. The fourth-order valence-corrected chi connectivity index (χ4v) is 1.24. The molecule has 0 atom stereocenters. The third kappa shape index (κ3) is 2.01. The molecule has 5 heteroatoms. The van der Waals surface area contributed by atoms with Gasteiger partial charge in [0.1, 0.15) is 6.33 Å². The molecule has 0 spiro atoms. The maximum Gasteiger partial charge on any atom is 0.143 e. The molecule has 0 amide bonds. The molecule has 2 heterocycles. The highest BCUT2D eigenvalue weighted by Crippen LogP contribution is 2.22. The second kappa shape index (κ2) is 3.42. The van der Waals surface area contributed by atoms with Crippen LogP contribution in [0.2, 0.25) is 0 Å². The molecule has 5 nitrogen and oxygen atoms in total. The largest absolute Gasteiger partial charge is 0.262 e. The summed E-state index contributed by atoms with van der Waals surface area (Å²) in [5.41, 5.74) is 2.12. The third-order valence-corrected chi connectivity index (χ3v) is 2.20. The van der Waals surface area contributed by atoms with Crippen LogP contribution in [0.4, 0.5) is 0 Å². The molecule has 0 bridgehead atoms. The van der Waals surface area contributed by atoms with Crippen molar-refractivity contribution in [3.8, 4) is 5.69 Å². The minimum Gasteiger partial charge on any atom is -0.262 e. The Hall–Kier alpha value is -1.78. The molecule has 0 unspecified atom stereocenters. The van der Waals surface area contributed by atoms with E-state index in [1.807, 2.05) is 12.3 Å². The summed E-state index contributed by atoms with van der Waals surface area (Å²) in [6.07, 6.45) is 5.17. The molecule has 0 aliphatic heterocycles. The van der Waals surface area contributed by atoms with Gasteiger partial charge in [-0.25, -0.2) is 0 Å². The van der Waals surface area contributed by atoms with Gasteiger partial charge in [-0.15, -0.1) is 5.10 Å². The van der Waals surface area contributed by atoms with Crippen LogP contribution in [0.3, 0.4) is 0 Å². The van der Waals surface area contributed by atoms with Gasteiger partial charge in [0.15, 0.2) is 0 Å². The molecule has 0 fully saturated rings. The number of nitrogens with zero attached hydrogens (tertiary/aromatic N) is 5. The van der Waals surface area contributed by atoms with E-state index in [0.29, 0.717) is 0 Å². The van der Waals surface area contributed by atoms with E-state index in [1.54, 1.807) is 17.2 Å². The lowest BCUT2D eigenvalue weighted by molar-refractivity contribution is 0.586. The van der Waals surface area contributed by atoms with E-state index in [-0.39, 0.29) is 5.41 Å². The quantitative estimate of drug-likeness (QED) is 0.702. The second-order valence-electron chi connectivity index (χ2n) is 4.44. The first kappa shape index (κ1) is 9.76. The smallest absolute Gasteiger partial charge is 0.143 e. The molecule has 2 rings (SSSR count). The Morgan fingerprint density at radius 3 is 2.60 bits per heavy atom. The van der Waals surface area contributed by atoms with E-state index in [1.165, 1.54) is 0 Å². The molecular formula is C10H13N5. The Morgan fingerprint density at radius 1 is 1.20 bits per heavy atom. The fraction of sp³-hybridized carbons (Fsp3) is 0.400. The van der Waals surface area contributed by atoms with Crippen LogP contribution in [-0.4, -0.2) is 25.2 Å². The van der Waals surface area contributed by atoms with Crippen LogP contribution in [0.15, 0.2) is 24.8 Å². The summed E-state index contributed by atoms with van der Waals surface area (Å²) >= 11 is 0. The molecule has 0 aliphatic rings. The van der Waals surface area contributed by atoms with Crippen LogP contribution in [0.25, 0.3) is 5.69 Å². The molecule has 0 aliphatic carbocycles. The van der Waals surface area contributed by atoms with Gasteiger partial charge in [-0.2, -0.15) is 4.68 Å². The number of hydrogen-bond acceptors (Lipinski definition) is 4. The van der Waals surface area contributed by atoms with Gasteiger partial charge in [0.2, 0.25) is 0 Å². The predicted molar refractivity (Wildman–Crippen MR) is 55.6 cm³/mol. The molecule has 0 saturated carbocycles. The van der Waals surface area contributed by atoms with Crippen molar-refractivity contribution in [1.82, 2.24) is 25.2 Å². The third-order valence-electron chi connectivity index (χ3n) is 2.20. The molecule has 0 radical (unpaired) electrons. The van der Waals surface area contributed by atoms with Crippen LogP contribution in [-0.2, 0) is 5.41 Å². The molecule has 15 heavy (non-hydrogen) atoms. The van der Waals surface area contributed by atoms with Crippen molar-refractivity contribution in [3.05, 3.63) is 30.4 Å². The Morgan fingerprint density at radius 2 is 2.00 bits per heavy atom. The highest BCUT2D eigenvalue weighted by molar-refractivity contribution is 5.33. The summed E-state index contributed by atoms with van der Waals surface area (Å²) in [7, 11) is 0. The molecule has 78 valence electrons. The van der Waals surface area contributed by atoms with Gasteiger partial charge in [-0.3, -0.25) is 4.98 Å². The molecular weight excluding hydrogens is 190 g/mol. The van der Waals surface area contributed by atoms with Gasteiger partial charge < -0.3 is 0 Å². The van der Waals surface area contributed by atoms with Crippen molar-refractivity contribution in [1.29, 1.82) is 0 Å². The van der Waals surface area contributed by atoms with Crippen molar-refractivity contribution >= 4 is 0 Å². The van der Waals surface area contributed by atoms with Gasteiger partial charge >= 0.3 is 0 Å². The SMILES string of the molecule is CC(C)(C)c1cncc(-n2cnnn2)c1. The summed E-state index contributed by atoms with van der Waals surface area (Å²) in [6, 6.07) is 2.04. The summed E-state index contributed by atoms with van der Waals surface area (Å²) in [4.78, 5) is 4.19. The Kier molecular flexibility index (Phi) is 2.22. The van der Waals surface area contributed by atoms with Crippen LogP contribution < -0.4 is 0 Å². The number of rotatable bonds is 1. The highest BCUT2D eigenvalue weighted by atomic mass is 15.5. The van der Waals surface area contributed by atoms with Gasteiger partial charge in [0.05, 0.1) is 11.9 Å². The zero-order chi connectivity index (χ0) is 10.9. The monoisotopic (exact) mass is 203 g/mol. The van der Waals surface area contributed by atoms with Crippen LogP contribution in [0.5, 0.6) is 0 Å². The first-order valence-corrected chi connectivity index (χ1v) is 4.76.